The summed E-state index contributed by atoms with van der Waals surface area (Å²) in [7, 11) is 0. The Morgan fingerprint density at radius 1 is 1.42 bits per heavy atom. The molecule has 0 aliphatic rings. The summed E-state index contributed by atoms with van der Waals surface area (Å²) in [6.45, 7) is 2.30. The van der Waals surface area contributed by atoms with Crippen molar-refractivity contribution in [2.24, 2.45) is 5.73 Å². The Kier molecular flexibility index (Phi) is 5.24. The molecule has 5 heteroatoms. The van der Waals surface area contributed by atoms with Gasteiger partial charge in [0.15, 0.2) is 0 Å². The number of rotatable bonds is 5. The van der Waals surface area contributed by atoms with Crippen molar-refractivity contribution in [3.8, 4) is 0 Å². The molecule has 0 spiro atoms. The number of alkyl halides is 3. The van der Waals surface area contributed by atoms with Gasteiger partial charge in [-0.2, -0.15) is 13.2 Å². The van der Waals surface area contributed by atoms with Gasteiger partial charge in [-0.3, -0.25) is 0 Å². The van der Waals surface area contributed by atoms with Crippen LogP contribution in [-0.4, -0.2) is 25.3 Å². The predicted octanol–water partition coefficient (Wildman–Crippen LogP) is 1.27. The Bertz CT molecular complexity index is 114. The first-order chi connectivity index (χ1) is 5.45. The second-order valence-corrected chi connectivity index (χ2v) is 2.80. The molecule has 0 saturated heterocycles. The molecule has 0 aromatic carbocycles. The van der Waals surface area contributed by atoms with Crippen LogP contribution in [0.2, 0.25) is 0 Å². The van der Waals surface area contributed by atoms with E-state index in [4.69, 9.17) is 5.73 Å². The summed E-state index contributed by atoms with van der Waals surface area (Å²) in [5.41, 5.74) is 5.22. The first-order valence-electron chi connectivity index (χ1n) is 3.96. The van der Waals surface area contributed by atoms with Gasteiger partial charge in [0.05, 0.1) is 6.42 Å². The Morgan fingerprint density at radius 3 is 2.42 bits per heavy atom. The Balaban J connectivity index is 3.31. The van der Waals surface area contributed by atoms with Gasteiger partial charge < -0.3 is 11.1 Å². The zero-order valence-electron chi connectivity index (χ0n) is 7.12. The average Bonchev–Trinajstić information content (AvgIpc) is 1.84. The largest absolute Gasteiger partial charge is 0.390 e. The lowest BCUT2D eigenvalue weighted by Crippen LogP contribution is -2.31. The summed E-state index contributed by atoms with van der Waals surface area (Å²) in [4.78, 5) is 0. The van der Waals surface area contributed by atoms with Gasteiger partial charge in [-0.25, -0.2) is 0 Å². The van der Waals surface area contributed by atoms with Crippen LogP contribution in [0, 0.1) is 0 Å². The number of hydrogen-bond donors (Lipinski definition) is 2. The quantitative estimate of drug-likeness (QED) is 0.675. The zero-order valence-corrected chi connectivity index (χ0v) is 7.12. The van der Waals surface area contributed by atoms with Crippen LogP contribution >= 0.6 is 0 Å². The zero-order chi connectivity index (χ0) is 9.61. The van der Waals surface area contributed by atoms with Crippen molar-refractivity contribution in [1.82, 2.24) is 5.32 Å². The minimum atomic E-state index is -4.06. The summed E-state index contributed by atoms with van der Waals surface area (Å²) in [5.74, 6) is 0. The van der Waals surface area contributed by atoms with Crippen molar-refractivity contribution in [3.63, 3.8) is 0 Å². The van der Waals surface area contributed by atoms with Gasteiger partial charge in [0.25, 0.3) is 0 Å². The molecule has 74 valence electrons. The van der Waals surface area contributed by atoms with Gasteiger partial charge in [-0.05, 0) is 19.9 Å². The maximum Gasteiger partial charge on any atom is 0.390 e. The Morgan fingerprint density at radius 2 is 2.00 bits per heavy atom. The lowest BCUT2D eigenvalue weighted by molar-refractivity contribution is -0.133. The van der Waals surface area contributed by atoms with Crippen molar-refractivity contribution in [1.29, 1.82) is 0 Å². The molecule has 2 nitrogen and oxygen atoms in total. The van der Waals surface area contributed by atoms with E-state index in [9.17, 15) is 13.2 Å². The van der Waals surface area contributed by atoms with Crippen molar-refractivity contribution in [3.05, 3.63) is 0 Å². The highest BCUT2D eigenvalue weighted by atomic mass is 19.4. The summed E-state index contributed by atoms with van der Waals surface area (Å²) in [6.07, 6.45) is -4.13. The highest BCUT2D eigenvalue weighted by Crippen LogP contribution is 2.18. The highest BCUT2D eigenvalue weighted by molar-refractivity contribution is 4.62. The van der Waals surface area contributed by atoms with E-state index >= 15 is 0 Å². The molecular formula is C7H15F3N2. The topological polar surface area (TPSA) is 38.0 Å². The van der Waals surface area contributed by atoms with E-state index < -0.39 is 12.6 Å². The minimum Gasteiger partial charge on any atom is -0.330 e. The third kappa shape index (κ3) is 7.81. The van der Waals surface area contributed by atoms with E-state index in [2.05, 4.69) is 5.32 Å². The van der Waals surface area contributed by atoms with Crippen molar-refractivity contribution >= 4 is 0 Å². The summed E-state index contributed by atoms with van der Waals surface area (Å²) < 4.78 is 34.9. The highest BCUT2D eigenvalue weighted by Gasteiger charge is 2.26. The van der Waals surface area contributed by atoms with E-state index in [-0.39, 0.29) is 12.6 Å². The van der Waals surface area contributed by atoms with E-state index in [1.807, 2.05) is 6.92 Å². The fourth-order valence-corrected chi connectivity index (χ4v) is 0.812. The van der Waals surface area contributed by atoms with Gasteiger partial charge in [0.2, 0.25) is 0 Å². The molecule has 0 amide bonds. The van der Waals surface area contributed by atoms with Crippen molar-refractivity contribution in [2.75, 3.05) is 13.1 Å². The maximum absolute atomic E-state index is 11.6. The molecular weight excluding hydrogens is 169 g/mol. The first-order valence-corrected chi connectivity index (χ1v) is 3.96. The number of nitrogens with one attached hydrogen (secondary N) is 1. The van der Waals surface area contributed by atoms with E-state index in [1.54, 1.807) is 0 Å². The van der Waals surface area contributed by atoms with E-state index in [0.29, 0.717) is 13.0 Å². The fraction of sp³-hybridized carbons (Fsp3) is 1.00. The molecule has 0 fully saturated rings. The molecule has 3 N–H and O–H groups in total. The summed E-state index contributed by atoms with van der Waals surface area (Å²) in [5, 5.41) is 2.74. The molecule has 0 bridgehead atoms. The standard InChI is InChI=1S/C7H15F3N2/c1-6(2-4-11)12-5-3-7(8,9)10/h6,12H,2-5,11H2,1H3. The summed E-state index contributed by atoms with van der Waals surface area (Å²) in [6, 6.07) is 0.0670. The third-order valence-corrected chi connectivity index (χ3v) is 1.50. The minimum absolute atomic E-state index is 0.0231. The normalized spacial score (nSPS) is 14.8. The fourth-order valence-electron chi connectivity index (χ4n) is 0.812. The van der Waals surface area contributed by atoms with E-state index in [1.165, 1.54) is 0 Å². The van der Waals surface area contributed by atoms with Crippen LogP contribution < -0.4 is 11.1 Å². The van der Waals surface area contributed by atoms with Gasteiger partial charge in [0, 0.05) is 12.6 Å². The van der Waals surface area contributed by atoms with Crippen LogP contribution in [0.15, 0.2) is 0 Å². The van der Waals surface area contributed by atoms with Gasteiger partial charge in [-0.15, -0.1) is 0 Å². The molecule has 0 aromatic heterocycles. The van der Waals surface area contributed by atoms with Gasteiger partial charge in [-0.1, -0.05) is 0 Å². The maximum atomic E-state index is 11.6. The molecule has 0 rings (SSSR count). The van der Waals surface area contributed by atoms with Crippen LogP contribution in [0.25, 0.3) is 0 Å². The lowest BCUT2D eigenvalue weighted by Gasteiger charge is -2.13. The second-order valence-electron chi connectivity index (χ2n) is 2.80. The molecule has 0 radical (unpaired) electrons. The Labute approximate surface area is 70.3 Å². The number of nitrogens with two attached hydrogens (primary N) is 1. The van der Waals surface area contributed by atoms with Crippen LogP contribution in [0.1, 0.15) is 19.8 Å². The van der Waals surface area contributed by atoms with Gasteiger partial charge >= 0.3 is 6.18 Å². The van der Waals surface area contributed by atoms with Crippen LogP contribution in [-0.2, 0) is 0 Å². The van der Waals surface area contributed by atoms with Crippen molar-refractivity contribution in [2.45, 2.75) is 32.0 Å². The molecule has 0 saturated carbocycles. The number of halogens is 3. The monoisotopic (exact) mass is 184 g/mol. The first kappa shape index (κ1) is 11.7. The SMILES string of the molecule is CC(CCN)NCCC(F)(F)F. The lowest BCUT2D eigenvalue weighted by atomic mass is 10.2. The molecule has 0 aliphatic heterocycles. The molecule has 0 aromatic rings. The molecule has 0 heterocycles. The summed E-state index contributed by atoms with van der Waals surface area (Å²) >= 11 is 0. The average molecular weight is 184 g/mol. The second kappa shape index (κ2) is 5.37. The smallest absolute Gasteiger partial charge is 0.330 e. The van der Waals surface area contributed by atoms with Crippen LogP contribution in [0.3, 0.4) is 0 Å². The molecule has 1 atom stereocenters. The van der Waals surface area contributed by atoms with Crippen molar-refractivity contribution < 1.29 is 13.2 Å². The van der Waals surface area contributed by atoms with Crippen LogP contribution in [0.5, 0.6) is 0 Å². The Hall–Kier alpha value is -0.290. The van der Waals surface area contributed by atoms with Gasteiger partial charge in [0.1, 0.15) is 0 Å². The predicted molar refractivity (Wildman–Crippen MR) is 41.8 cm³/mol. The molecule has 12 heavy (non-hydrogen) atoms. The number of hydrogen-bond acceptors (Lipinski definition) is 2. The molecule has 0 aliphatic carbocycles. The van der Waals surface area contributed by atoms with E-state index in [0.717, 1.165) is 0 Å². The third-order valence-electron chi connectivity index (χ3n) is 1.50. The molecule has 1 unspecified atom stereocenters. The van der Waals surface area contributed by atoms with Crippen LogP contribution in [0.4, 0.5) is 13.2 Å².